The Morgan fingerprint density at radius 2 is 1.76 bits per heavy atom. The molecule has 1 aliphatic rings. The Balaban J connectivity index is 2.00. The van der Waals surface area contributed by atoms with Gasteiger partial charge in [0.05, 0.1) is 10.9 Å². The van der Waals surface area contributed by atoms with Crippen molar-refractivity contribution in [2.45, 2.75) is 6.10 Å². The summed E-state index contributed by atoms with van der Waals surface area (Å²) >= 11 is 0. The zero-order chi connectivity index (χ0) is 14.2. The average Bonchev–Trinajstić information content (AvgIpc) is 2.56. The molecule has 1 aliphatic heterocycles. The molecular formula is C16H11N3O2. The van der Waals surface area contributed by atoms with Gasteiger partial charge in [0.15, 0.2) is 18.3 Å². The lowest BCUT2D eigenvalue weighted by molar-refractivity contribution is 0.213. The van der Waals surface area contributed by atoms with Crippen LogP contribution in [0.4, 0.5) is 0 Å². The zero-order valence-corrected chi connectivity index (χ0v) is 11.0. The fourth-order valence-corrected chi connectivity index (χ4v) is 2.47. The minimum atomic E-state index is -0.430. The van der Waals surface area contributed by atoms with Gasteiger partial charge in [-0.2, -0.15) is 4.68 Å². The van der Waals surface area contributed by atoms with Gasteiger partial charge in [-0.25, -0.2) is 4.98 Å². The molecule has 0 unspecified atom stereocenters. The molecule has 0 radical (unpaired) electrons. The van der Waals surface area contributed by atoms with Crippen LogP contribution in [0.25, 0.3) is 10.9 Å². The maximum Gasteiger partial charge on any atom is 0.282 e. The molecule has 0 saturated heterocycles. The molecule has 0 bridgehead atoms. The highest BCUT2D eigenvalue weighted by Crippen LogP contribution is 2.26. The second-order valence-electron chi connectivity index (χ2n) is 4.75. The van der Waals surface area contributed by atoms with E-state index in [-0.39, 0.29) is 5.56 Å². The number of benzene rings is 2. The number of aromatic nitrogens is 2. The number of hydrogen-bond acceptors (Lipinski definition) is 4. The second kappa shape index (κ2) is 4.56. The minimum absolute atomic E-state index is 0.184. The van der Waals surface area contributed by atoms with Gasteiger partial charge in [0.2, 0.25) is 0 Å². The minimum Gasteiger partial charge on any atom is -0.466 e. The Kier molecular flexibility index (Phi) is 2.57. The van der Waals surface area contributed by atoms with E-state index in [1.54, 1.807) is 6.07 Å². The molecule has 102 valence electrons. The van der Waals surface area contributed by atoms with Crippen molar-refractivity contribution in [1.82, 2.24) is 9.66 Å². The molecule has 0 amide bonds. The van der Waals surface area contributed by atoms with E-state index in [2.05, 4.69) is 10.1 Å². The van der Waals surface area contributed by atoms with E-state index in [9.17, 15) is 4.79 Å². The summed E-state index contributed by atoms with van der Waals surface area (Å²) in [4.78, 5) is 17.1. The highest BCUT2D eigenvalue weighted by atomic mass is 16.5. The summed E-state index contributed by atoms with van der Waals surface area (Å²) in [7, 11) is 0. The van der Waals surface area contributed by atoms with Gasteiger partial charge in [-0.15, -0.1) is 5.10 Å². The zero-order valence-electron chi connectivity index (χ0n) is 11.0. The quantitative estimate of drug-likeness (QED) is 0.686. The standard InChI is InChI=1S/C16H11N3O2/c20-16-12-8-4-5-9-13(12)18-15-14(21-10-17-19(15)16)11-6-2-1-3-7-11/h1-10,14H/t14-/m0/s1. The Hall–Kier alpha value is -2.95. The summed E-state index contributed by atoms with van der Waals surface area (Å²) in [5.74, 6) is 0.493. The SMILES string of the molecule is O=c1c2ccccc2nc2n1N=CO[C@H]2c1ccccc1. The van der Waals surface area contributed by atoms with Crippen molar-refractivity contribution >= 4 is 17.3 Å². The van der Waals surface area contributed by atoms with Gasteiger partial charge in [-0.3, -0.25) is 4.79 Å². The van der Waals surface area contributed by atoms with E-state index in [1.165, 1.54) is 11.1 Å². The van der Waals surface area contributed by atoms with E-state index in [1.807, 2.05) is 48.5 Å². The van der Waals surface area contributed by atoms with Crippen LogP contribution in [0.2, 0.25) is 0 Å². The van der Waals surface area contributed by atoms with Gasteiger partial charge < -0.3 is 4.74 Å². The van der Waals surface area contributed by atoms with Crippen molar-refractivity contribution in [3.63, 3.8) is 0 Å². The van der Waals surface area contributed by atoms with Gasteiger partial charge >= 0.3 is 0 Å². The first-order chi connectivity index (χ1) is 10.3. The molecule has 5 heteroatoms. The average molecular weight is 277 g/mol. The number of rotatable bonds is 1. The summed E-state index contributed by atoms with van der Waals surface area (Å²) in [6.07, 6.45) is 0.865. The van der Waals surface area contributed by atoms with Crippen LogP contribution in [0.1, 0.15) is 17.5 Å². The largest absolute Gasteiger partial charge is 0.466 e. The topological polar surface area (TPSA) is 56.5 Å². The normalized spacial score (nSPS) is 16.5. The van der Waals surface area contributed by atoms with E-state index in [0.29, 0.717) is 16.7 Å². The molecule has 0 N–H and O–H groups in total. The molecule has 1 aromatic heterocycles. The molecule has 0 saturated carbocycles. The molecule has 5 nitrogen and oxygen atoms in total. The van der Waals surface area contributed by atoms with E-state index >= 15 is 0 Å². The molecule has 2 heterocycles. The van der Waals surface area contributed by atoms with Crippen LogP contribution in [0.3, 0.4) is 0 Å². The summed E-state index contributed by atoms with van der Waals surface area (Å²) in [5, 5.41) is 4.56. The second-order valence-corrected chi connectivity index (χ2v) is 4.75. The van der Waals surface area contributed by atoms with Gasteiger partial charge in [0.25, 0.3) is 5.56 Å². The van der Waals surface area contributed by atoms with Gasteiger partial charge in [0.1, 0.15) is 0 Å². The van der Waals surface area contributed by atoms with E-state index in [0.717, 1.165) is 5.56 Å². The first-order valence-corrected chi connectivity index (χ1v) is 6.59. The maximum atomic E-state index is 12.5. The Labute approximate surface area is 120 Å². The number of hydrogen-bond donors (Lipinski definition) is 0. The van der Waals surface area contributed by atoms with Crippen LogP contribution in [0, 0.1) is 0 Å². The summed E-state index contributed by atoms with van der Waals surface area (Å²) < 4.78 is 6.89. The van der Waals surface area contributed by atoms with Crippen LogP contribution < -0.4 is 5.56 Å². The fourth-order valence-electron chi connectivity index (χ4n) is 2.47. The van der Waals surface area contributed by atoms with Crippen molar-refractivity contribution in [1.29, 1.82) is 0 Å². The molecule has 3 aromatic rings. The third-order valence-corrected chi connectivity index (χ3v) is 3.48. The van der Waals surface area contributed by atoms with E-state index in [4.69, 9.17) is 4.74 Å². The summed E-state index contributed by atoms with van der Waals surface area (Å²) in [6.45, 7) is 0. The van der Waals surface area contributed by atoms with Crippen LogP contribution in [0.15, 0.2) is 64.5 Å². The first kappa shape index (κ1) is 11.8. The molecule has 1 atom stereocenters. The molecule has 0 aliphatic carbocycles. The predicted molar refractivity (Wildman–Crippen MR) is 79.3 cm³/mol. The van der Waals surface area contributed by atoms with Crippen LogP contribution >= 0.6 is 0 Å². The molecule has 2 aromatic carbocycles. The lowest BCUT2D eigenvalue weighted by atomic mass is 10.1. The van der Waals surface area contributed by atoms with Crippen molar-refractivity contribution in [3.8, 4) is 0 Å². The Bertz CT molecular complexity index is 900. The summed E-state index contributed by atoms with van der Waals surface area (Å²) in [6, 6.07) is 16.9. The molecule has 4 rings (SSSR count). The predicted octanol–water partition coefficient (Wildman–Crippen LogP) is 2.31. The highest BCUT2D eigenvalue weighted by Gasteiger charge is 2.25. The number of nitrogens with zero attached hydrogens (tertiary/aromatic N) is 3. The van der Waals surface area contributed by atoms with Crippen LogP contribution in [-0.4, -0.2) is 16.1 Å². The van der Waals surface area contributed by atoms with Crippen molar-refractivity contribution in [2.75, 3.05) is 0 Å². The number of para-hydroxylation sites is 1. The Morgan fingerprint density at radius 1 is 1.00 bits per heavy atom. The molecule has 0 spiro atoms. The van der Waals surface area contributed by atoms with Crippen molar-refractivity contribution in [2.24, 2.45) is 5.10 Å². The van der Waals surface area contributed by atoms with Crippen LogP contribution in [-0.2, 0) is 4.74 Å². The summed E-state index contributed by atoms with van der Waals surface area (Å²) in [5.41, 5.74) is 1.39. The number of ether oxygens (including phenoxy) is 1. The number of fused-ring (bicyclic) bond motifs is 2. The molecule has 21 heavy (non-hydrogen) atoms. The van der Waals surface area contributed by atoms with Gasteiger partial charge in [-0.1, -0.05) is 42.5 Å². The van der Waals surface area contributed by atoms with Gasteiger partial charge in [-0.05, 0) is 12.1 Å². The Morgan fingerprint density at radius 3 is 2.62 bits per heavy atom. The third kappa shape index (κ3) is 1.82. The highest BCUT2D eigenvalue weighted by molar-refractivity contribution is 5.77. The molecule has 0 fully saturated rings. The molecular weight excluding hydrogens is 266 g/mol. The fraction of sp³-hybridized carbons (Fsp3) is 0.0625. The van der Waals surface area contributed by atoms with Crippen molar-refractivity contribution < 1.29 is 4.74 Å². The lowest BCUT2D eigenvalue weighted by Gasteiger charge is -2.22. The van der Waals surface area contributed by atoms with Gasteiger partial charge in [0, 0.05) is 5.56 Å². The monoisotopic (exact) mass is 277 g/mol. The lowest BCUT2D eigenvalue weighted by Crippen LogP contribution is -2.28. The first-order valence-electron chi connectivity index (χ1n) is 6.59. The van der Waals surface area contributed by atoms with Crippen molar-refractivity contribution in [3.05, 3.63) is 76.3 Å². The smallest absolute Gasteiger partial charge is 0.282 e. The third-order valence-electron chi connectivity index (χ3n) is 3.48. The maximum absolute atomic E-state index is 12.5. The van der Waals surface area contributed by atoms with Crippen LogP contribution in [0.5, 0.6) is 0 Å². The van der Waals surface area contributed by atoms with E-state index < -0.39 is 6.10 Å².